The van der Waals surface area contributed by atoms with E-state index in [-0.39, 0.29) is 0 Å². The van der Waals surface area contributed by atoms with Crippen LogP contribution < -0.4 is 0 Å². The molecule has 0 atom stereocenters. The Morgan fingerprint density at radius 2 is 0.667 bits per heavy atom. The number of rotatable bonds is 7. The molecule has 0 aliphatic heterocycles. The van der Waals surface area contributed by atoms with Crippen molar-refractivity contribution in [3.8, 4) is 78.3 Å². The minimum atomic E-state index is 0.713. The standard InChI is InChI=1S/C58H38N2/c1-3-13-39(14-4-1)51-36-52(40-15-5-2-6-16-40)38-53(37-51)49-23-12-22-48(34-49)47-21-11-20-46(33-47)42-25-28-44(29-26-42)58-59-55-32-31-43-18-9-10-24-54(43)56(55)57(60-58)50-30-27-41-17-7-8-19-45(41)35-50/h1-38H. The lowest BCUT2D eigenvalue weighted by Crippen LogP contribution is -1.96. The van der Waals surface area contributed by atoms with E-state index in [4.69, 9.17) is 9.97 Å². The first-order valence-corrected chi connectivity index (χ1v) is 20.5. The molecule has 1 aromatic heterocycles. The Bertz CT molecular complexity index is 3290. The van der Waals surface area contributed by atoms with Crippen LogP contribution in [0.1, 0.15) is 0 Å². The molecule has 0 radical (unpaired) electrons. The van der Waals surface area contributed by atoms with E-state index in [9.17, 15) is 0 Å². The summed E-state index contributed by atoms with van der Waals surface area (Å²) in [6, 6.07) is 82.5. The summed E-state index contributed by atoms with van der Waals surface area (Å²) >= 11 is 0. The zero-order valence-electron chi connectivity index (χ0n) is 32.8. The van der Waals surface area contributed by atoms with Gasteiger partial charge in [-0.05, 0) is 120 Å². The lowest BCUT2D eigenvalue weighted by molar-refractivity contribution is 1.23. The van der Waals surface area contributed by atoms with Crippen LogP contribution in [0.25, 0.3) is 111 Å². The SMILES string of the molecule is c1ccc(-c2cc(-c3ccccc3)cc(-c3cccc(-c4cccc(-c5ccc(-c6nc(-c7ccc8ccccc8c7)c7c(ccc8ccccc87)n6)cc5)c4)c3)c2)cc1. The summed E-state index contributed by atoms with van der Waals surface area (Å²) in [6.07, 6.45) is 0. The molecule has 11 aromatic rings. The largest absolute Gasteiger partial charge is 0.228 e. The van der Waals surface area contributed by atoms with Crippen LogP contribution in [0.15, 0.2) is 231 Å². The second kappa shape index (κ2) is 15.1. The van der Waals surface area contributed by atoms with Crippen LogP contribution in [0.2, 0.25) is 0 Å². The molecule has 0 N–H and O–H groups in total. The lowest BCUT2D eigenvalue weighted by Gasteiger charge is -2.13. The highest BCUT2D eigenvalue weighted by atomic mass is 14.9. The van der Waals surface area contributed by atoms with Gasteiger partial charge < -0.3 is 0 Å². The monoisotopic (exact) mass is 762 g/mol. The fourth-order valence-electron chi connectivity index (χ4n) is 8.53. The van der Waals surface area contributed by atoms with Crippen LogP contribution in [-0.2, 0) is 0 Å². The zero-order valence-corrected chi connectivity index (χ0v) is 32.8. The molecule has 0 saturated heterocycles. The summed E-state index contributed by atoms with van der Waals surface area (Å²) < 4.78 is 0. The quantitative estimate of drug-likeness (QED) is 0.151. The van der Waals surface area contributed by atoms with Gasteiger partial charge in [-0.15, -0.1) is 0 Å². The molecule has 1 heterocycles. The molecule has 0 aliphatic carbocycles. The molecule has 0 bridgehead atoms. The van der Waals surface area contributed by atoms with E-state index in [1.165, 1.54) is 60.7 Å². The highest BCUT2D eigenvalue weighted by Crippen LogP contribution is 2.38. The van der Waals surface area contributed by atoms with Crippen LogP contribution in [0.4, 0.5) is 0 Å². The Kier molecular flexibility index (Phi) is 8.87. The van der Waals surface area contributed by atoms with E-state index in [0.717, 1.165) is 44.2 Å². The Morgan fingerprint density at radius 3 is 1.32 bits per heavy atom. The van der Waals surface area contributed by atoms with Gasteiger partial charge in [-0.2, -0.15) is 0 Å². The van der Waals surface area contributed by atoms with Gasteiger partial charge in [-0.3, -0.25) is 0 Å². The average Bonchev–Trinajstić information content (AvgIpc) is 3.34. The maximum Gasteiger partial charge on any atom is 0.160 e. The van der Waals surface area contributed by atoms with Crippen molar-refractivity contribution < 1.29 is 0 Å². The van der Waals surface area contributed by atoms with E-state index in [1.54, 1.807) is 0 Å². The number of hydrogen-bond acceptors (Lipinski definition) is 2. The predicted molar refractivity (Wildman–Crippen MR) is 253 cm³/mol. The van der Waals surface area contributed by atoms with Crippen molar-refractivity contribution in [3.05, 3.63) is 231 Å². The summed E-state index contributed by atoms with van der Waals surface area (Å²) in [5.74, 6) is 0.713. The third-order valence-electron chi connectivity index (χ3n) is 11.6. The Labute approximate surface area is 349 Å². The first-order valence-electron chi connectivity index (χ1n) is 20.5. The minimum absolute atomic E-state index is 0.713. The normalized spacial score (nSPS) is 11.3. The molecule has 0 amide bonds. The summed E-state index contributed by atoms with van der Waals surface area (Å²) in [6.45, 7) is 0. The molecular weight excluding hydrogens is 725 g/mol. The summed E-state index contributed by atoms with van der Waals surface area (Å²) in [4.78, 5) is 10.5. The molecule has 10 aromatic carbocycles. The van der Waals surface area contributed by atoms with Gasteiger partial charge in [0, 0.05) is 16.5 Å². The molecule has 280 valence electrons. The fourth-order valence-corrected chi connectivity index (χ4v) is 8.53. The van der Waals surface area contributed by atoms with E-state index < -0.39 is 0 Å². The van der Waals surface area contributed by atoms with E-state index >= 15 is 0 Å². The van der Waals surface area contributed by atoms with E-state index in [2.05, 4.69) is 231 Å². The number of benzene rings is 10. The zero-order chi connectivity index (χ0) is 39.8. The smallest absolute Gasteiger partial charge is 0.160 e. The van der Waals surface area contributed by atoms with Crippen molar-refractivity contribution in [2.75, 3.05) is 0 Å². The molecule has 0 aliphatic rings. The number of fused-ring (bicyclic) bond motifs is 4. The summed E-state index contributed by atoms with van der Waals surface area (Å²) in [5, 5.41) is 5.81. The topological polar surface area (TPSA) is 25.8 Å². The Hall–Kier alpha value is -7.94. The third-order valence-corrected chi connectivity index (χ3v) is 11.6. The van der Waals surface area contributed by atoms with Crippen molar-refractivity contribution in [1.82, 2.24) is 9.97 Å². The van der Waals surface area contributed by atoms with Crippen LogP contribution in [0, 0.1) is 0 Å². The highest BCUT2D eigenvalue weighted by Gasteiger charge is 2.16. The van der Waals surface area contributed by atoms with E-state index in [0.29, 0.717) is 5.82 Å². The number of aromatic nitrogens is 2. The first-order chi connectivity index (χ1) is 29.7. The summed E-state index contributed by atoms with van der Waals surface area (Å²) in [5.41, 5.74) is 15.8. The maximum absolute atomic E-state index is 5.32. The lowest BCUT2D eigenvalue weighted by atomic mass is 9.92. The van der Waals surface area contributed by atoms with Gasteiger partial charge >= 0.3 is 0 Å². The average molecular weight is 763 g/mol. The Morgan fingerprint density at radius 1 is 0.233 bits per heavy atom. The number of nitrogens with zero attached hydrogens (tertiary/aromatic N) is 2. The van der Waals surface area contributed by atoms with Gasteiger partial charge in [-0.25, -0.2) is 9.97 Å². The highest BCUT2D eigenvalue weighted by molar-refractivity contribution is 6.13. The fraction of sp³-hybridized carbons (Fsp3) is 0. The molecule has 2 nitrogen and oxygen atoms in total. The van der Waals surface area contributed by atoms with Gasteiger partial charge in [0.1, 0.15) is 0 Å². The molecule has 0 spiro atoms. The first kappa shape index (κ1) is 35.2. The van der Waals surface area contributed by atoms with Gasteiger partial charge in [0.05, 0.1) is 11.2 Å². The van der Waals surface area contributed by atoms with Crippen LogP contribution in [0.3, 0.4) is 0 Å². The number of hydrogen-bond donors (Lipinski definition) is 0. The van der Waals surface area contributed by atoms with Crippen LogP contribution in [-0.4, -0.2) is 9.97 Å². The molecule has 0 unspecified atom stereocenters. The molecule has 0 fully saturated rings. The molecular formula is C58H38N2. The molecule has 60 heavy (non-hydrogen) atoms. The minimum Gasteiger partial charge on any atom is -0.228 e. The van der Waals surface area contributed by atoms with Crippen LogP contribution >= 0.6 is 0 Å². The van der Waals surface area contributed by atoms with Gasteiger partial charge in [-0.1, -0.05) is 188 Å². The predicted octanol–water partition coefficient (Wildman–Crippen LogP) is 15.6. The van der Waals surface area contributed by atoms with Crippen molar-refractivity contribution in [2.24, 2.45) is 0 Å². The van der Waals surface area contributed by atoms with Crippen molar-refractivity contribution in [2.45, 2.75) is 0 Å². The van der Waals surface area contributed by atoms with Crippen molar-refractivity contribution in [3.63, 3.8) is 0 Å². The van der Waals surface area contributed by atoms with Gasteiger partial charge in [0.2, 0.25) is 0 Å². The molecule has 0 saturated carbocycles. The second-order valence-electron chi connectivity index (χ2n) is 15.4. The van der Waals surface area contributed by atoms with Crippen LogP contribution in [0.5, 0.6) is 0 Å². The third kappa shape index (κ3) is 6.70. The van der Waals surface area contributed by atoms with Crippen molar-refractivity contribution >= 4 is 32.4 Å². The van der Waals surface area contributed by atoms with E-state index in [1.807, 2.05) is 0 Å². The second-order valence-corrected chi connectivity index (χ2v) is 15.4. The molecule has 2 heteroatoms. The van der Waals surface area contributed by atoms with Gasteiger partial charge in [0.15, 0.2) is 5.82 Å². The molecule has 11 rings (SSSR count). The Balaban J connectivity index is 0.943. The summed E-state index contributed by atoms with van der Waals surface area (Å²) in [7, 11) is 0. The maximum atomic E-state index is 5.32. The van der Waals surface area contributed by atoms with Gasteiger partial charge in [0.25, 0.3) is 0 Å². The van der Waals surface area contributed by atoms with Crippen molar-refractivity contribution in [1.29, 1.82) is 0 Å².